The monoisotopic (exact) mass is 1380 g/mol. The van der Waals surface area contributed by atoms with Gasteiger partial charge in [-0.1, -0.05) is 53.2 Å². The Morgan fingerprint density at radius 2 is 1.03 bits per heavy atom. The van der Waals surface area contributed by atoms with Crippen LogP contribution in [0.4, 0.5) is 0 Å². The summed E-state index contributed by atoms with van der Waals surface area (Å²) >= 11 is 0. The van der Waals surface area contributed by atoms with E-state index in [2.05, 4.69) is 40.7 Å². The van der Waals surface area contributed by atoms with E-state index in [4.69, 9.17) is 56.8 Å². The summed E-state index contributed by atoms with van der Waals surface area (Å²) in [5.41, 5.74) is -2.40. The topological polar surface area (TPSA) is 492 Å². The van der Waals surface area contributed by atoms with E-state index in [0.29, 0.717) is 64.2 Å². The van der Waals surface area contributed by atoms with Crippen molar-refractivity contribution in [2.45, 2.75) is 304 Å². The van der Waals surface area contributed by atoms with Crippen LogP contribution in [-0.2, 0) is 61.6 Å². The first-order chi connectivity index (χ1) is 45.1. The maximum absolute atomic E-state index is 15.3. The first kappa shape index (κ1) is 75.2. The Bertz CT molecular complexity index is 2690. The minimum atomic E-state index is -1.93. The number of hydrogen-bond donors (Lipinski definition) is 18. The molecule has 4 saturated carbocycles. The number of ether oxygens (including phenoxy) is 12. The highest BCUT2D eigenvalue weighted by atomic mass is 16.8. The smallest absolute Gasteiger partial charge is 0.315 e. The maximum atomic E-state index is 15.3. The van der Waals surface area contributed by atoms with Crippen LogP contribution >= 0.6 is 0 Å². The first-order valence-electron chi connectivity index (χ1n) is 34.1. The second-order valence-electron chi connectivity index (χ2n) is 31.3. The molecule has 0 aromatic carbocycles. The van der Waals surface area contributed by atoms with E-state index in [1.807, 2.05) is 6.92 Å². The Morgan fingerprint density at radius 3 is 1.64 bits per heavy atom. The van der Waals surface area contributed by atoms with Gasteiger partial charge in [-0.25, -0.2) is 0 Å². The summed E-state index contributed by atoms with van der Waals surface area (Å²) in [6.45, 7) is 13.1. The molecule has 0 radical (unpaired) electrons. The number of esters is 1. The summed E-state index contributed by atoms with van der Waals surface area (Å²) in [7, 11) is 0. The molecule has 2 unspecified atom stereocenters. The van der Waals surface area contributed by atoms with E-state index in [-0.39, 0.29) is 35.2 Å². The van der Waals surface area contributed by atoms with Gasteiger partial charge in [-0.2, -0.15) is 0 Å². The lowest BCUT2D eigenvalue weighted by Crippen LogP contribution is -2.67. The van der Waals surface area contributed by atoms with Crippen molar-refractivity contribution >= 4 is 5.97 Å². The normalized spacial score (nSPS) is 55.1. The highest BCUT2D eigenvalue weighted by Crippen LogP contribution is 2.76. The summed E-state index contributed by atoms with van der Waals surface area (Å²) in [6.07, 6.45) is -40.2. The molecule has 10 fully saturated rings. The van der Waals surface area contributed by atoms with Crippen LogP contribution in [0.3, 0.4) is 0 Å². The Labute approximate surface area is 556 Å². The van der Waals surface area contributed by atoms with Gasteiger partial charge in [-0.15, -0.1) is 0 Å². The highest BCUT2D eigenvalue weighted by Gasteiger charge is 2.71. The Kier molecular flexibility index (Phi) is 22.1. The molecule has 38 atom stereocenters. The fourth-order valence-corrected chi connectivity index (χ4v) is 19.0. The average molecular weight is 1380 g/mol. The Balaban J connectivity index is 0.787. The number of hydrogen-bond acceptors (Lipinski definition) is 31. The van der Waals surface area contributed by atoms with E-state index in [1.165, 1.54) is 13.8 Å². The van der Waals surface area contributed by atoms with Crippen LogP contribution in [0, 0.1) is 50.2 Å². The molecule has 0 spiro atoms. The van der Waals surface area contributed by atoms with Gasteiger partial charge >= 0.3 is 5.97 Å². The van der Waals surface area contributed by atoms with Crippen LogP contribution in [-0.4, -0.2) is 315 Å². The largest absolute Gasteiger partial charge is 0.432 e. The van der Waals surface area contributed by atoms with Gasteiger partial charge in [0.05, 0.1) is 56.8 Å². The van der Waals surface area contributed by atoms with Crippen molar-refractivity contribution in [3.05, 3.63) is 11.6 Å². The van der Waals surface area contributed by atoms with Crippen molar-refractivity contribution in [1.29, 1.82) is 0 Å². The van der Waals surface area contributed by atoms with Crippen LogP contribution < -0.4 is 0 Å². The van der Waals surface area contributed by atoms with Gasteiger partial charge in [0.1, 0.15) is 128 Å². The lowest BCUT2D eigenvalue weighted by Gasteiger charge is -2.71. The highest BCUT2D eigenvalue weighted by molar-refractivity contribution is 5.79. The van der Waals surface area contributed by atoms with Gasteiger partial charge in [0, 0.05) is 5.41 Å². The van der Waals surface area contributed by atoms with Crippen molar-refractivity contribution < 1.29 is 154 Å². The molecule has 0 aromatic rings. The predicted molar refractivity (Wildman–Crippen MR) is 321 cm³/mol. The molecule has 6 aliphatic heterocycles. The predicted octanol–water partition coefficient (Wildman–Crippen LogP) is -4.72. The standard InChI is InChI=1S/C65H106O31/c1-25-36(69)41(74)46(79)54(87-25)94-51-30(21-67)90-53(50(83)45(51)78)85-22-31-39(72)44(77)49(82)57(91-31)96-59(84)65-17-15-60(3,4)19-28(65)27-9-10-34-61(5)13-12-35(62(6,24-68)33(61)11-14-64(34,8)63(27,7)16-18-65)93-58-52(95-55-47(80)42(75)37(70)26(2)88-55)40(73)32(23-86-58)92-56-48(81)43(76)38(71)29(20-66)89-56/h9,25-26,28-58,66-83H,10-24H2,1-8H3/t25-,26-,28-,29-,30+,31+,32-,33?,34?,35-,36-,37-,38-,39+,40-,41+,42+,43+,44-,45+,46+,47+,48-,49+,50+,51+,52+,53+,54-,55-,56+,57-,58-,61-,62-,63+,64+,65-/m0/s1. The summed E-state index contributed by atoms with van der Waals surface area (Å²) in [5.74, 6) is -1.11. The SMILES string of the molecule is C[C@@H]1O[C@@H](O[C@H]2[C@H](O[C@H]3CC[C@@]4(C)C(CC[C@]5(C)C4CC=C4[C@@H]6CC(C)(C)CC[C@]6(C(=O)O[C@@H]6O[C@H](CO[C@@H]7O[C@H](CO)[C@@H](O[C@@H]8O[C@@H](C)[C@H](O)[C@@H](O)[C@H]8O)[C@H](O)[C@H]7O)[C@@H](O)[C@H](O)[C@H]6O)CC[C@]45C)[C@]3(C)CO)OC[C@H](O[C@H]3O[C@@H](CO)[C@H](O)[C@@H](O)[C@@H]3O)[C@@H]2O)[C@H](O)[C@H](O)[C@H]1O. The molecule has 11 rings (SSSR count). The van der Waals surface area contributed by atoms with Crippen LogP contribution in [0.25, 0.3) is 0 Å². The molecule has 31 nitrogen and oxygen atoms in total. The minimum absolute atomic E-state index is 0.0451. The van der Waals surface area contributed by atoms with E-state index in [9.17, 15) is 91.9 Å². The van der Waals surface area contributed by atoms with Crippen LogP contribution in [0.1, 0.15) is 120 Å². The van der Waals surface area contributed by atoms with Crippen LogP contribution in [0.15, 0.2) is 11.6 Å². The van der Waals surface area contributed by atoms with Crippen LogP contribution in [0.5, 0.6) is 0 Å². The molecule has 552 valence electrons. The fraction of sp³-hybridized carbons (Fsp3) is 0.954. The van der Waals surface area contributed by atoms with Crippen molar-refractivity contribution in [3.8, 4) is 0 Å². The number of carbonyl (C=O) groups excluding carboxylic acids is 1. The zero-order valence-corrected chi connectivity index (χ0v) is 55.6. The number of fused-ring (bicyclic) bond motifs is 7. The third kappa shape index (κ3) is 12.8. The number of rotatable bonds is 16. The molecule has 6 saturated heterocycles. The van der Waals surface area contributed by atoms with E-state index < -0.39 is 238 Å². The quantitative estimate of drug-likeness (QED) is 0.0392. The molecule has 96 heavy (non-hydrogen) atoms. The number of carbonyl (C=O) groups is 1. The van der Waals surface area contributed by atoms with Crippen LogP contribution in [0.2, 0.25) is 0 Å². The summed E-state index contributed by atoms with van der Waals surface area (Å²) in [6, 6.07) is 0. The Morgan fingerprint density at radius 1 is 0.500 bits per heavy atom. The third-order valence-corrected chi connectivity index (χ3v) is 25.3. The molecular formula is C65H106O31. The molecule has 31 heteroatoms. The van der Waals surface area contributed by atoms with Crippen molar-refractivity contribution in [2.24, 2.45) is 50.2 Å². The molecular weight excluding hydrogens is 1280 g/mol. The van der Waals surface area contributed by atoms with E-state index in [0.717, 1.165) is 5.57 Å². The molecule has 6 heterocycles. The van der Waals surface area contributed by atoms with Gasteiger partial charge in [0.25, 0.3) is 0 Å². The molecule has 11 aliphatic rings. The lowest BCUT2D eigenvalue weighted by molar-refractivity contribution is -0.381. The van der Waals surface area contributed by atoms with Gasteiger partial charge in [-0.05, 0) is 117 Å². The second-order valence-corrected chi connectivity index (χ2v) is 31.3. The Hall–Kier alpha value is -1.95. The molecule has 5 aliphatic carbocycles. The second kappa shape index (κ2) is 28.3. The number of allylic oxidation sites excluding steroid dienone is 2. The molecule has 0 amide bonds. The van der Waals surface area contributed by atoms with Gasteiger partial charge < -0.3 is 149 Å². The average Bonchev–Trinajstić information content (AvgIpc) is 0.675. The van der Waals surface area contributed by atoms with Gasteiger partial charge in [0.2, 0.25) is 6.29 Å². The van der Waals surface area contributed by atoms with Gasteiger partial charge in [-0.3, -0.25) is 4.79 Å². The van der Waals surface area contributed by atoms with Crippen molar-refractivity contribution in [3.63, 3.8) is 0 Å². The van der Waals surface area contributed by atoms with Crippen molar-refractivity contribution in [2.75, 3.05) is 33.0 Å². The summed E-state index contributed by atoms with van der Waals surface area (Å²) in [5, 5.41) is 196. The number of aliphatic hydroxyl groups excluding tert-OH is 18. The fourth-order valence-electron chi connectivity index (χ4n) is 19.0. The first-order valence-corrected chi connectivity index (χ1v) is 34.1. The summed E-state index contributed by atoms with van der Waals surface area (Å²) in [4.78, 5) is 15.3. The minimum Gasteiger partial charge on any atom is -0.432 e. The molecule has 18 N–H and O–H groups in total. The number of aliphatic hydroxyl groups is 18. The summed E-state index contributed by atoms with van der Waals surface area (Å²) < 4.78 is 71.8. The van der Waals surface area contributed by atoms with E-state index >= 15 is 4.79 Å². The lowest BCUT2D eigenvalue weighted by atomic mass is 9.33. The third-order valence-electron chi connectivity index (χ3n) is 25.3. The molecule has 0 aromatic heterocycles. The zero-order chi connectivity index (χ0) is 70.0. The van der Waals surface area contributed by atoms with E-state index in [1.54, 1.807) is 0 Å². The maximum Gasteiger partial charge on any atom is 0.315 e. The van der Waals surface area contributed by atoms with Crippen molar-refractivity contribution in [1.82, 2.24) is 0 Å². The zero-order valence-electron chi connectivity index (χ0n) is 55.6. The van der Waals surface area contributed by atoms with Gasteiger partial charge in [0.15, 0.2) is 31.5 Å². The molecule has 0 bridgehead atoms.